The number of aromatic nitrogens is 1. The SMILES string of the molecule is CCOC1CCN(c2nc(C(=O)O)c(C(C)=O)s2)CC1. The number of piperidine rings is 1. The summed E-state index contributed by atoms with van der Waals surface area (Å²) in [6.45, 7) is 5.60. The number of hydrogen-bond acceptors (Lipinski definition) is 6. The summed E-state index contributed by atoms with van der Waals surface area (Å²) in [6.07, 6.45) is 2.05. The molecule has 0 unspecified atom stereocenters. The van der Waals surface area contributed by atoms with Crippen molar-refractivity contribution in [2.75, 3.05) is 24.6 Å². The van der Waals surface area contributed by atoms with Crippen LogP contribution >= 0.6 is 11.3 Å². The number of hydrogen-bond donors (Lipinski definition) is 1. The molecule has 1 aliphatic rings. The second kappa shape index (κ2) is 6.32. The van der Waals surface area contributed by atoms with Gasteiger partial charge >= 0.3 is 5.97 Å². The molecule has 0 bridgehead atoms. The fraction of sp³-hybridized carbons (Fsp3) is 0.615. The van der Waals surface area contributed by atoms with E-state index in [2.05, 4.69) is 4.98 Å². The zero-order valence-corrected chi connectivity index (χ0v) is 12.4. The highest BCUT2D eigenvalue weighted by Crippen LogP contribution is 2.29. The number of carboxylic acid groups (broad SMARTS) is 1. The van der Waals surface area contributed by atoms with Crippen LogP contribution < -0.4 is 4.90 Å². The fourth-order valence-electron chi connectivity index (χ4n) is 2.28. The third-order valence-electron chi connectivity index (χ3n) is 3.25. The molecule has 1 N–H and O–H groups in total. The molecule has 0 aliphatic carbocycles. The third kappa shape index (κ3) is 3.16. The van der Waals surface area contributed by atoms with Crippen LogP contribution in [-0.2, 0) is 4.74 Å². The number of carbonyl (C=O) groups is 2. The van der Waals surface area contributed by atoms with Crippen molar-refractivity contribution >= 4 is 28.2 Å². The van der Waals surface area contributed by atoms with Crippen molar-refractivity contribution in [3.63, 3.8) is 0 Å². The number of ketones is 1. The smallest absolute Gasteiger partial charge is 0.356 e. The molecule has 0 saturated carbocycles. The average Bonchev–Trinajstić information content (AvgIpc) is 2.85. The minimum absolute atomic E-state index is 0.135. The molecule has 0 atom stereocenters. The largest absolute Gasteiger partial charge is 0.476 e. The summed E-state index contributed by atoms with van der Waals surface area (Å²) >= 11 is 1.16. The normalized spacial score (nSPS) is 16.4. The molecule has 0 aromatic carbocycles. The van der Waals surface area contributed by atoms with Crippen LogP contribution in [0.5, 0.6) is 0 Å². The molecule has 1 fully saturated rings. The van der Waals surface area contributed by atoms with Gasteiger partial charge in [-0.1, -0.05) is 11.3 Å². The van der Waals surface area contributed by atoms with Crippen molar-refractivity contribution < 1.29 is 19.4 Å². The number of anilines is 1. The van der Waals surface area contributed by atoms with Crippen molar-refractivity contribution in [1.82, 2.24) is 4.98 Å². The zero-order chi connectivity index (χ0) is 14.7. The summed E-state index contributed by atoms with van der Waals surface area (Å²) in [5.74, 6) is -1.41. The van der Waals surface area contributed by atoms with Crippen LogP contribution in [0.15, 0.2) is 0 Å². The number of thiazole rings is 1. The Kier molecular flexibility index (Phi) is 4.72. The van der Waals surface area contributed by atoms with Gasteiger partial charge < -0.3 is 14.7 Å². The van der Waals surface area contributed by atoms with Crippen molar-refractivity contribution in [2.24, 2.45) is 0 Å². The lowest BCUT2D eigenvalue weighted by Gasteiger charge is -2.31. The van der Waals surface area contributed by atoms with Crippen molar-refractivity contribution in [2.45, 2.75) is 32.8 Å². The van der Waals surface area contributed by atoms with E-state index < -0.39 is 5.97 Å². The highest BCUT2D eigenvalue weighted by molar-refractivity contribution is 7.17. The molecule has 1 aromatic rings. The quantitative estimate of drug-likeness (QED) is 0.838. The maximum atomic E-state index is 11.5. The van der Waals surface area contributed by atoms with Gasteiger partial charge in [0.25, 0.3) is 0 Å². The Morgan fingerprint density at radius 1 is 1.45 bits per heavy atom. The minimum atomic E-state index is -1.15. The molecule has 2 heterocycles. The lowest BCUT2D eigenvalue weighted by atomic mass is 10.1. The average molecular weight is 298 g/mol. The standard InChI is InChI=1S/C13H18N2O4S/c1-3-19-9-4-6-15(7-5-9)13-14-10(12(17)18)11(20-13)8(2)16/h9H,3-7H2,1-2H3,(H,17,18). The highest BCUT2D eigenvalue weighted by atomic mass is 32.1. The first-order valence-electron chi connectivity index (χ1n) is 6.64. The predicted molar refractivity (Wildman–Crippen MR) is 75.9 cm³/mol. The summed E-state index contributed by atoms with van der Waals surface area (Å²) < 4.78 is 5.58. The molecule has 0 amide bonds. The van der Waals surface area contributed by atoms with Gasteiger partial charge in [-0.15, -0.1) is 0 Å². The summed E-state index contributed by atoms with van der Waals surface area (Å²) in [4.78, 5) is 28.9. The first-order chi connectivity index (χ1) is 9.52. The van der Waals surface area contributed by atoms with Crippen LogP contribution in [0.4, 0.5) is 5.13 Å². The summed E-state index contributed by atoms with van der Waals surface area (Å²) in [7, 11) is 0. The van der Waals surface area contributed by atoms with Crippen molar-refractivity contribution in [3.05, 3.63) is 10.6 Å². The minimum Gasteiger partial charge on any atom is -0.476 e. The van der Waals surface area contributed by atoms with Gasteiger partial charge in [0.1, 0.15) is 4.88 Å². The Labute approximate surface area is 121 Å². The molecule has 0 radical (unpaired) electrons. The van der Waals surface area contributed by atoms with E-state index in [1.54, 1.807) is 0 Å². The Bertz CT molecular complexity index is 475. The Morgan fingerprint density at radius 3 is 2.55 bits per heavy atom. The fourth-order valence-corrected chi connectivity index (χ4v) is 3.28. The number of aromatic carboxylic acids is 1. The third-order valence-corrected chi connectivity index (χ3v) is 4.47. The van der Waals surface area contributed by atoms with Crippen LogP contribution in [0, 0.1) is 0 Å². The number of ether oxygens (including phenoxy) is 1. The molecule has 110 valence electrons. The zero-order valence-electron chi connectivity index (χ0n) is 11.6. The van der Waals surface area contributed by atoms with Gasteiger partial charge in [-0.25, -0.2) is 9.78 Å². The van der Waals surface area contributed by atoms with Crippen LogP contribution in [0.2, 0.25) is 0 Å². The molecule has 7 heteroatoms. The topological polar surface area (TPSA) is 79.7 Å². The van der Waals surface area contributed by atoms with Crippen molar-refractivity contribution in [3.8, 4) is 0 Å². The Morgan fingerprint density at radius 2 is 2.10 bits per heavy atom. The molecule has 0 spiro atoms. The van der Waals surface area contributed by atoms with E-state index in [4.69, 9.17) is 9.84 Å². The van der Waals surface area contributed by atoms with E-state index in [1.165, 1.54) is 6.92 Å². The van der Waals surface area contributed by atoms with E-state index in [1.807, 2.05) is 11.8 Å². The van der Waals surface area contributed by atoms with Gasteiger partial charge in [-0.3, -0.25) is 4.79 Å². The van der Waals surface area contributed by atoms with Crippen LogP contribution in [0.3, 0.4) is 0 Å². The van der Waals surface area contributed by atoms with Crippen LogP contribution in [0.25, 0.3) is 0 Å². The van der Waals surface area contributed by atoms with E-state index in [0.717, 1.165) is 37.3 Å². The second-order valence-corrected chi connectivity index (χ2v) is 5.65. The van der Waals surface area contributed by atoms with E-state index in [9.17, 15) is 9.59 Å². The van der Waals surface area contributed by atoms with E-state index >= 15 is 0 Å². The highest BCUT2D eigenvalue weighted by Gasteiger charge is 2.26. The van der Waals surface area contributed by atoms with Crippen LogP contribution in [0.1, 0.15) is 46.8 Å². The van der Waals surface area contributed by atoms with Gasteiger partial charge in [0, 0.05) is 26.6 Å². The Hall–Kier alpha value is -1.47. The second-order valence-electron chi connectivity index (χ2n) is 4.68. The number of rotatable bonds is 5. The summed E-state index contributed by atoms with van der Waals surface area (Å²) in [5, 5.41) is 9.71. The van der Waals surface area contributed by atoms with Crippen molar-refractivity contribution in [1.29, 1.82) is 0 Å². The van der Waals surface area contributed by atoms with Gasteiger partial charge in [0.15, 0.2) is 16.6 Å². The monoisotopic (exact) mass is 298 g/mol. The first kappa shape index (κ1) is 14.9. The van der Waals surface area contributed by atoms with E-state index in [0.29, 0.717) is 11.7 Å². The maximum Gasteiger partial charge on any atom is 0.356 e. The summed E-state index contributed by atoms with van der Waals surface area (Å²) in [6, 6.07) is 0. The molecule has 1 saturated heterocycles. The van der Waals surface area contributed by atoms with E-state index in [-0.39, 0.29) is 22.5 Å². The number of carbonyl (C=O) groups excluding carboxylic acids is 1. The maximum absolute atomic E-state index is 11.5. The molecular formula is C13H18N2O4S. The number of Topliss-reactive ketones (excluding diaryl/α,β-unsaturated/α-hetero) is 1. The number of carboxylic acids is 1. The molecule has 6 nitrogen and oxygen atoms in total. The van der Waals surface area contributed by atoms with Gasteiger partial charge in [-0.2, -0.15) is 0 Å². The van der Waals surface area contributed by atoms with Crippen LogP contribution in [-0.4, -0.2) is 47.6 Å². The first-order valence-corrected chi connectivity index (χ1v) is 7.46. The van der Waals surface area contributed by atoms with Gasteiger partial charge in [-0.05, 0) is 19.8 Å². The van der Waals surface area contributed by atoms with Gasteiger partial charge in [0.05, 0.1) is 6.10 Å². The molecule has 1 aromatic heterocycles. The Balaban J connectivity index is 2.12. The molecule has 20 heavy (non-hydrogen) atoms. The summed E-state index contributed by atoms with van der Waals surface area (Å²) in [5.41, 5.74) is -0.135. The molecular weight excluding hydrogens is 280 g/mol. The molecule has 2 rings (SSSR count). The molecule has 1 aliphatic heterocycles. The number of nitrogens with zero attached hydrogens (tertiary/aromatic N) is 2. The predicted octanol–water partition coefficient (Wildman–Crippen LogP) is 2.05. The lowest BCUT2D eigenvalue weighted by molar-refractivity contribution is 0.0459. The van der Waals surface area contributed by atoms with Gasteiger partial charge in [0.2, 0.25) is 0 Å². The lowest BCUT2D eigenvalue weighted by Crippen LogP contribution is -2.37.